The summed E-state index contributed by atoms with van der Waals surface area (Å²) in [5.74, 6) is -0.157. The SMILES string of the molecule is Cc1cc(F)ccc1NCc1ccc(C(N)=NO)cc1. The molecular formula is C15H16FN3O. The molecule has 104 valence electrons. The third-order valence-corrected chi connectivity index (χ3v) is 3.03. The standard InChI is InChI=1S/C15H16FN3O/c1-10-8-13(16)6-7-14(10)18-9-11-2-4-12(5-3-11)15(17)19-20/h2-8,18,20H,9H2,1H3,(H2,17,19). The molecule has 20 heavy (non-hydrogen) atoms. The van der Waals surface area contributed by atoms with Crippen molar-refractivity contribution < 1.29 is 9.60 Å². The van der Waals surface area contributed by atoms with Crippen LogP contribution in [0.2, 0.25) is 0 Å². The van der Waals surface area contributed by atoms with Gasteiger partial charge >= 0.3 is 0 Å². The van der Waals surface area contributed by atoms with E-state index >= 15 is 0 Å². The highest BCUT2D eigenvalue weighted by Crippen LogP contribution is 2.16. The molecule has 4 nitrogen and oxygen atoms in total. The number of oxime groups is 1. The quantitative estimate of drug-likeness (QED) is 0.347. The van der Waals surface area contributed by atoms with Crippen molar-refractivity contribution in [3.05, 3.63) is 65.0 Å². The minimum atomic E-state index is -0.240. The molecule has 0 fully saturated rings. The van der Waals surface area contributed by atoms with Crippen molar-refractivity contribution >= 4 is 11.5 Å². The van der Waals surface area contributed by atoms with Gasteiger partial charge in [0.15, 0.2) is 5.84 Å². The first kappa shape index (κ1) is 13.9. The molecule has 0 aliphatic heterocycles. The van der Waals surface area contributed by atoms with Gasteiger partial charge < -0.3 is 16.3 Å². The Morgan fingerprint density at radius 3 is 2.55 bits per heavy atom. The summed E-state index contributed by atoms with van der Waals surface area (Å²) in [6.07, 6.45) is 0. The number of benzene rings is 2. The van der Waals surface area contributed by atoms with Crippen LogP contribution in [0.3, 0.4) is 0 Å². The number of nitrogens with zero attached hydrogens (tertiary/aromatic N) is 1. The minimum absolute atomic E-state index is 0.0823. The lowest BCUT2D eigenvalue weighted by Crippen LogP contribution is -2.13. The fourth-order valence-electron chi connectivity index (χ4n) is 1.87. The minimum Gasteiger partial charge on any atom is -0.409 e. The molecule has 2 aromatic carbocycles. The van der Waals surface area contributed by atoms with Gasteiger partial charge in [-0.1, -0.05) is 29.4 Å². The lowest BCUT2D eigenvalue weighted by molar-refractivity contribution is 0.318. The zero-order chi connectivity index (χ0) is 14.5. The van der Waals surface area contributed by atoms with E-state index in [4.69, 9.17) is 10.9 Å². The summed E-state index contributed by atoms with van der Waals surface area (Å²) < 4.78 is 13.0. The topological polar surface area (TPSA) is 70.6 Å². The molecule has 0 aromatic heterocycles. The van der Waals surface area contributed by atoms with Gasteiger partial charge in [-0.05, 0) is 36.2 Å². The number of hydrogen-bond donors (Lipinski definition) is 3. The van der Waals surface area contributed by atoms with E-state index in [1.165, 1.54) is 12.1 Å². The van der Waals surface area contributed by atoms with Crippen LogP contribution < -0.4 is 11.1 Å². The zero-order valence-corrected chi connectivity index (χ0v) is 11.1. The van der Waals surface area contributed by atoms with Gasteiger partial charge in [0, 0.05) is 17.8 Å². The van der Waals surface area contributed by atoms with Crippen LogP contribution in [0.25, 0.3) is 0 Å². The highest BCUT2D eigenvalue weighted by Gasteiger charge is 2.01. The van der Waals surface area contributed by atoms with Crippen LogP contribution in [0.15, 0.2) is 47.6 Å². The molecule has 0 radical (unpaired) electrons. The summed E-state index contributed by atoms with van der Waals surface area (Å²) in [6.45, 7) is 2.47. The van der Waals surface area contributed by atoms with Crippen molar-refractivity contribution in [2.75, 3.05) is 5.32 Å². The van der Waals surface area contributed by atoms with Gasteiger partial charge in [0.25, 0.3) is 0 Å². The van der Waals surface area contributed by atoms with E-state index in [1.54, 1.807) is 18.2 Å². The lowest BCUT2D eigenvalue weighted by Gasteiger charge is -2.10. The Labute approximate surface area is 116 Å². The van der Waals surface area contributed by atoms with E-state index in [0.717, 1.165) is 16.8 Å². The van der Waals surface area contributed by atoms with Crippen molar-refractivity contribution in [2.45, 2.75) is 13.5 Å². The van der Waals surface area contributed by atoms with Crippen LogP contribution in [-0.2, 0) is 6.54 Å². The largest absolute Gasteiger partial charge is 0.409 e. The summed E-state index contributed by atoms with van der Waals surface area (Å²) in [5.41, 5.74) is 8.95. The van der Waals surface area contributed by atoms with Crippen LogP contribution in [0.5, 0.6) is 0 Å². The Kier molecular flexibility index (Phi) is 4.20. The maximum atomic E-state index is 13.0. The van der Waals surface area contributed by atoms with Gasteiger partial charge in [-0.2, -0.15) is 0 Å². The number of rotatable bonds is 4. The third kappa shape index (κ3) is 3.26. The van der Waals surface area contributed by atoms with Crippen LogP contribution in [0, 0.1) is 12.7 Å². The first-order chi connectivity index (χ1) is 9.60. The Morgan fingerprint density at radius 2 is 1.95 bits per heavy atom. The van der Waals surface area contributed by atoms with Crippen molar-refractivity contribution in [2.24, 2.45) is 10.9 Å². The second-order valence-corrected chi connectivity index (χ2v) is 4.49. The summed E-state index contributed by atoms with van der Waals surface area (Å²) in [5, 5.41) is 14.8. The number of amidine groups is 1. The predicted molar refractivity (Wildman–Crippen MR) is 77.4 cm³/mol. The first-order valence-corrected chi connectivity index (χ1v) is 6.17. The first-order valence-electron chi connectivity index (χ1n) is 6.17. The molecule has 0 heterocycles. The van der Waals surface area contributed by atoms with Crippen molar-refractivity contribution in [3.8, 4) is 0 Å². The van der Waals surface area contributed by atoms with Crippen molar-refractivity contribution in [3.63, 3.8) is 0 Å². The summed E-state index contributed by atoms with van der Waals surface area (Å²) in [7, 11) is 0. The van der Waals surface area contributed by atoms with Gasteiger partial charge in [-0.3, -0.25) is 0 Å². The molecule has 5 heteroatoms. The van der Waals surface area contributed by atoms with E-state index in [0.29, 0.717) is 12.1 Å². The molecule has 0 atom stereocenters. The molecule has 0 aliphatic rings. The molecule has 0 spiro atoms. The van der Waals surface area contributed by atoms with Crippen molar-refractivity contribution in [1.29, 1.82) is 0 Å². The summed E-state index contributed by atoms with van der Waals surface area (Å²) >= 11 is 0. The number of aryl methyl sites for hydroxylation is 1. The predicted octanol–water partition coefficient (Wildman–Crippen LogP) is 2.84. The molecule has 2 rings (SSSR count). The van der Waals surface area contributed by atoms with Gasteiger partial charge in [0.05, 0.1) is 0 Å². The number of halogens is 1. The molecular weight excluding hydrogens is 257 g/mol. The Morgan fingerprint density at radius 1 is 1.25 bits per heavy atom. The fourth-order valence-corrected chi connectivity index (χ4v) is 1.87. The van der Waals surface area contributed by atoms with E-state index in [1.807, 2.05) is 19.1 Å². The maximum Gasteiger partial charge on any atom is 0.170 e. The van der Waals surface area contributed by atoms with E-state index < -0.39 is 0 Å². The van der Waals surface area contributed by atoms with Crippen LogP contribution in [0.4, 0.5) is 10.1 Å². The van der Waals surface area contributed by atoms with Crippen molar-refractivity contribution in [1.82, 2.24) is 0 Å². The van der Waals surface area contributed by atoms with Gasteiger partial charge in [0.2, 0.25) is 0 Å². The molecule has 4 N–H and O–H groups in total. The second kappa shape index (κ2) is 6.06. The maximum absolute atomic E-state index is 13.0. The summed E-state index contributed by atoms with van der Waals surface area (Å²) in [4.78, 5) is 0. The molecule has 0 unspecified atom stereocenters. The molecule has 0 saturated heterocycles. The number of nitrogens with two attached hydrogens (primary N) is 1. The third-order valence-electron chi connectivity index (χ3n) is 3.03. The second-order valence-electron chi connectivity index (χ2n) is 4.49. The smallest absolute Gasteiger partial charge is 0.170 e. The Hall–Kier alpha value is -2.56. The van der Waals surface area contributed by atoms with Crippen LogP contribution in [-0.4, -0.2) is 11.0 Å². The number of nitrogens with one attached hydrogen (secondary N) is 1. The lowest BCUT2D eigenvalue weighted by atomic mass is 10.1. The molecule has 2 aromatic rings. The fraction of sp³-hybridized carbons (Fsp3) is 0.133. The molecule has 0 aliphatic carbocycles. The van der Waals surface area contributed by atoms with Gasteiger partial charge in [-0.15, -0.1) is 0 Å². The molecule has 0 amide bonds. The number of anilines is 1. The normalized spacial score (nSPS) is 11.4. The Balaban J connectivity index is 2.04. The van der Waals surface area contributed by atoms with E-state index in [9.17, 15) is 4.39 Å². The average molecular weight is 273 g/mol. The van der Waals surface area contributed by atoms with Gasteiger partial charge in [-0.25, -0.2) is 4.39 Å². The highest BCUT2D eigenvalue weighted by molar-refractivity contribution is 5.96. The summed E-state index contributed by atoms with van der Waals surface area (Å²) in [6, 6.07) is 12.0. The van der Waals surface area contributed by atoms with Crippen LogP contribution >= 0.6 is 0 Å². The highest BCUT2D eigenvalue weighted by atomic mass is 19.1. The monoisotopic (exact) mass is 273 g/mol. The van der Waals surface area contributed by atoms with E-state index in [2.05, 4.69) is 10.5 Å². The molecule has 0 saturated carbocycles. The van der Waals surface area contributed by atoms with Crippen LogP contribution in [0.1, 0.15) is 16.7 Å². The zero-order valence-electron chi connectivity index (χ0n) is 11.1. The van der Waals surface area contributed by atoms with E-state index in [-0.39, 0.29) is 11.7 Å². The molecule has 0 bridgehead atoms. The average Bonchev–Trinajstić information content (AvgIpc) is 2.46. The van der Waals surface area contributed by atoms with Gasteiger partial charge in [0.1, 0.15) is 5.82 Å². The Bertz CT molecular complexity index is 624. The number of hydrogen-bond acceptors (Lipinski definition) is 3.